The van der Waals surface area contributed by atoms with Gasteiger partial charge in [0.15, 0.2) is 5.76 Å². The number of hydrogen-bond donors (Lipinski definition) is 0. The van der Waals surface area contributed by atoms with Crippen molar-refractivity contribution in [3.8, 4) is 23.5 Å². The lowest BCUT2D eigenvalue weighted by Crippen LogP contribution is -1.84. The lowest BCUT2D eigenvalue weighted by molar-refractivity contribution is 0.630. The van der Waals surface area contributed by atoms with E-state index in [2.05, 4.69) is 12.1 Å². The molecule has 0 atom stereocenters. The van der Waals surface area contributed by atoms with E-state index in [0.29, 0.717) is 28.0 Å². The number of fused-ring (bicyclic) bond motifs is 1. The number of hydrogen-bond acceptors (Lipinski definition) is 3. The molecule has 1 aromatic heterocycles. The van der Waals surface area contributed by atoms with Gasteiger partial charge in [0.25, 0.3) is 0 Å². The van der Waals surface area contributed by atoms with E-state index in [0.717, 1.165) is 5.39 Å². The third-order valence-electron chi connectivity index (χ3n) is 3.00. The molecule has 0 fully saturated rings. The predicted molar refractivity (Wildman–Crippen MR) is 71.1 cm³/mol. The molecule has 0 spiro atoms. The van der Waals surface area contributed by atoms with Crippen LogP contribution in [0.15, 0.2) is 52.9 Å². The fraction of sp³-hybridized carbons (Fsp3) is 0. The minimum Gasteiger partial charge on any atom is -0.455 e. The van der Waals surface area contributed by atoms with Gasteiger partial charge < -0.3 is 4.42 Å². The third-order valence-corrected chi connectivity index (χ3v) is 3.00. The summed E-state index contributed by atoms with van der Waals surface area (Å²) in [5.74, 6) is 0.459. The molecular formula is C16H8N2O. The van der Waals surface area contributed by atoms with E-state index in [1.807, 2.05) is 30.3 Å². The van der Waals surface area contributed by atoms with Crippen LogP contribution in [0.5, 0.6) is 0 Å². The van der Waals surface area contributed by atoms with Crippen molar-refractivity contribution in [2.24, 2.45) is 0 Å². The van der Waals surface area contributed by atoms with Crippen LogP contribution < -0.4 is 0 Å². The van der Waals surface area contributed by atoms with Crippen LogP contribution in [0.1, 0.15) is 11.1 Å². The first-order valence-electron chi connectivity index (χ1n) is 5.76. The summed E-state index contributed by atoms with van der Waals surface area (Å²) in [6.45, 7) is 0. The van der Waals surface area contributed by atoms with Crippen molar-refractivity contribution in [2.45, 2.75) is 0 Å². The Morgan fingerprint density at radius 2 is 1.58 bits per heavy atom. The molecule has 3 nitrogen and oxygen atoms in total. The number of rotatable bonds is 1. The van der Waals surface area contributed by atoms with E-state index in [9.17, 15) is 5.26 Å². The first kappa shape index (κ1) is 11.1. The fourth-order valence-electron chi connectivity index (χ4n) is 2.12. The van der Waals surface area contributed by atoms with Crippen LogP contribution in [0.4, 0.5) is 0 Å². The number of furan rings is 1. The Bertz CT molecular complexity index is 847. The van der Waals surface area contributed by atoms with Gasteiger partial charge in [-0.1, -0.05) is 24.3 Å². The molecule has 2 aromatic carbocycles. The van der Waals surface area contributed by atoms with Gasteiger partial charge in [-0.25, -0.2) is 0 Å². The van der Waals surface area contributed by atoms with Gasteiger partial charge in [-0.15, -0.1) is 0 Å². The highest BCUT2D eigenvalue weighted by atomic mass is 16.3. The minimum atomic E-state index is 0.459. The Labute approximate surface area is 109 Å². The second-order valence-corrected chi connectivity index (χ2v) is 4.07. The molecule has 1 heterocycles. The van der Waals surface area contributed by atoms with Crippen molar-refractivity contribution < 1.29 is 4.42 Å². The van der Waals surface area contributed by atoms with Crippen LogP contribution in [0.25, 0.3) is 22.3 Å². The van der Waals surface area contributed by atoms with E-state index >= 15 is 0 Å². The highest BCUT2D eigenvalue weighted by molar-refractivity contribution is 5.91. The highest BCUT2D eigenvalue weighted by Crippen LogP contribution is 2.34. The molecule has 0 saturated heterocycles. The van der Waals surface area contributed by atoms with Gasteiger partial charge in [-0.05, 0) is 24.3 Å². The number of benzene rings is 2. The molecule has 0 amide bonds. The molecule has 0 unspecified atom stereocenters. The van der Waals surface area contributed by atoms with E-state index in [1.54, 1.807) is 18.2 Å². The van der Waals surface area contributed by atoms with Gasteiger partial charge in [0.2, 0.25) is 0 Å². The molecular weight excluding hydrogens is 236 g/mol. The van der Waals surface area contributed by atoms with Crippen LogP contribution in [0.2, 0.25) is 0 Å². The van der Waals surface area contributed by atoms with Crippen molar-refractivity contribution in [2.75, 3.05) is 0 Å². The molecule has 3 rings (SSSR count). The van der Waals surface area contributed by atoms with E-state index in [1.165, 1.54) is 0 Å². The van der Waals surface area contributed by atoms with Gasteiger partial charge in [-0.3, -0.25) is 0 Å². The van der Waals surface area contributed by atoms with Crippen LogP contribution in [-0.4, -0.2) is 0 Å². The standard InChI is InChI=1S/C16H8N2O/c17-9-11-5-1-2-6-12(11)16-14(10-18)13-7-3-4-8-15(13)19-16/h1-8H. The Morgan fingerprint density at radius 3 is 2.37 bits per heavy atom. The van der Waals surface area contributed by atoms with Crippen LogP contribution in [-0.2, 0) is 0 Å². The fourth-order valence-corrected chi connectivity index (χ4v) is 2.12. The molecule has 3 aromatic rings. The van der Waals surface area contributed by atoms with Crippen LogP contribution in [0.3, 0.4) is 0 Å². The molecule has 3 heteroatoms. The average Bonchev–Trinajstić information content (AvgIpc) is 2.85. The van der Waals surface area contributed by atoms with Gasteiger partial charge in [0.05, 0.1) is 11.6 Å². The maximum absolute atomic E-state index is 9.34. The summed E-state index contributed by atoms with van der Waals surface area (Å²) < 4.78 is 5.74. The first-order valence-corrected chi connectivity index (χ1v) is 5.76. The summed E-state index contributed by atoms with van der Waals surface area (Å²) in [6, 6.07) is 18.8. The third kappa shape index (κ3) is 1.66. The SMILES string of the molecule is N#Cc1ccccc1-c1oc2ccccc2c1C#N. The first-order chi connectivity index (χ1) is 9.35. The smallest absolute Gasteiger partial charge is 0.154 e. The maximum atomic E-state index is 9.34. The lowest BCUT2D eigenvalue weighted by atomic mass is 10.0. The molecule has 0 aliphatic carbocycles. The highest BCUT2D eigenvalue weighted by Gasteiger charge is 2.17. The molecule has 0 saturated carbocycles. The molecule has 88 valence electrons. The van der Waals surface area contributed by atoms with E-state index < -0.39 is 0 Å². The van der Waals surface area contributed by atoms with Crippen molar-refractivity contribution in [3.05, 3.63) is 59.7 Å². The monoisotopic (exact) mass is 244 g/mol. The second-order valence-electron chi connectivity index (χ2n) is 4.07. The van der Waals surface area contributed by atoms with Crippen LogP contribution >= 0.6 is 0 Å². The van der Waals surface area contributed by atoms with Gasteiger partial charge >= 0.3 is 0 Å². The quantitative estimate of drug-likeness (QED) is 0.653. The Balaban J connectivity index is 2.38. The molecule has 0 aliphatic rings. The maximum Gasteiger partial charge on any atom is 0.154 e. The van der Waals surface area contributed by atoms with Gasteiger partial charge in [0.1, 0.15) is 17.2 Å². The average molecular weight is 244 g/mol. The largest absolute Gasteiger partial charge is 0.455 e. The summed E-state index contributed by atoms with van der Waals surface area (Å²) in [7, 11) is 0. The molecule has 0 N–H and O–H groups in total. The van der Waals surface area contributed by atoms with Gasteiger partial charge in [0, 0.05) is 10.9 Å². The van der Waals surface area contributed by atoms with Gasteiger partial charge in [-0.2, -0.15) is 10.5 Å². The Kier molecular flexibility index (Phi) is 2.52. The zero-order valence-electron chi connectivity index (χ0n) is 9.92. The number of para-hydroxylation sites is 1. The summed E-state index contributed by atoms with van der Waals surface area (Å²) in [5.41, 5.74) is 2.27. The molecule has 0 radical (unpaired) electrons. The Morgan fingerprint density at radius 1 is 0.842 bits per heavy atom. The molecule has 0 bridgehead atoms. The minimum absolute atomic E-state index is 0.459. The number of nitriles is 2. The zero-order valence-corrected chi connectivity index (χ0v) is 9.92. The lowest BCUT2D eigenvalue weighted by Gasteiger charge is -1.99. The molecule has 19 heavy (non-hydrogen) atoms. The van der Waals surface area contributed by atoms with Crippen LogP contribution in [0, 0.1) is 22.7 Å². The second kappa shape index (κ2) is 4.33. The van der Waals surface area contributed by atoms with Crippen molar-refractivity contribution in [1.82, 2.24) is 0 Å². The summed E-state index contributed by atoms with van der Waals surface area (Å²) in [6.07, 6.45) is 0. The normalized spacial score (nSPS) is 10.0. The predicted octanol–water partition coefficient (Wildman–Crippen LogP) is 3.84. The summed E-state index contributed by atoms with van der Waals surface area (Å²) in [5, 5.41) is 19.3. The molecule has 0 aliphatic heterocycles. The Hall–Kier alpha value is -3.04. The van der Waals surface area contributed by atoms with E-state index in [4.69, 9.17) is 9.68 Å². The zero-order chi connectivity index (χ0) is 13.2. The summed E-state index contributed by atoms with van der Waals surface area (Å²) in [4.78, 5) is 0. The van der Waals surface area contributed by atoms with Crippen molar-refractivity contribution in [1.29, 1.82) is 10.5 Å². The summed E-state index contributed by atoms with van der Waals surface area (Å²) >= 11 is 0. The number of nitrogens with zero attached hydrogens (tertiary/aromatic N) is 2. The topological polar surface area (TPSA) is 60.7 Å². The van der Waals surface area contributed by atoms with E-state index in [-0.39, 0.29) is 0 Å². The van der Waals surface area contributed by atoms with Crippen molar-refractivity contribution in [3.63, 3.8) is 0 Å². The van der Waals surface area contributed by atoms with Crippen molar-refractivity contribution >= 4 is 11.0 Å².